The average molecular weight is 259 g/mol. The van der Waals surface area contributed by atoms with Gasteiger partial charge in [0, 0.05) is 11.4 Å². The molecule has 3 nitrogen and oxygen atoms in total. The Morgan fingerprint density at radius 3 is 2.47 bits per heavy atom. The maximum absolute atomic E-state index is 13.3. The quantitative estimate of drug-likeness (QED) is 0.601. The fraction of sp³-hybridized carbons (Fsp3) is 0.333. The summed E-state index contributed by atoms with van der Waals surface area (Å²) < 4.78 is 17.7. The van der Waals surface area contributed by atoms with Gasteiger partial charge in [-0.15, -0.1) is 0 Å². The van der Waals surface area contributed by atoms with Crippen LogP contribution in [0.4, 0.5) is 4.39 Å². The number of carbonyl (C=O) groups is 2. The smallest absolute Gasteiger partial charge is 0.348 e. The van der Waals surface area contributed by atoms with Crippen LogP contribution in [-0.4, -0.2) is 24.5 Å². The van der Waals surface area contributed by atoms with E-state index >= 15 is 0 Å². The third kappa shape index (κ3) is 4.15. The highest BCUT2D eigenvalue weighted by molar-refractivity contribution is 6.30. The molecule has 0 aliphatic heterocycles. The van der Waals surface area contributed by atoms with Crippen molar-refractivity contribution in [1.29, 1.82) is 0 Å². The first kappa shape index (κ1) is 13.6. The zero-order valence-electron chi connectivity index (χ0n) is 9.28. The Hall–Kier alpha value is -1.42. The van der Waals surface area contributed by atoms with E-state index in [1.165, 1.54) is 0 Å². The number of hydrogen-bond donors (Lipinski definition) is 0. The molecule has 0 amide bonds. The Morgan fingerprint density at radius 2 is 1.94 bits per heavy atom. The first-order chi connectivity index (χ1) is 8.04. The van der Waals surface area contributed by atoms with E-state index in [2.05, 4.69) is 4.74 Å². The summed E-state index contributed by atoms with van der Waals surface area (Å²) in [6.45, 7) is 1.60. The number of Topliss-reactive ketones (excluding diaryl/α,β-unsaturated/α-hetero) is 1. The number of ether oxygens (including phenoxy) is 1. The van der Waals surface area contributed by atoms with Crippen LogP contribution in [0.2, 0.25) is 5.02 Å². The molecule has 0 spiro atoms. The zero-order valence-corrected chi connectivity index (χ0v) is 10.0. The van der Waals surface area contributed by atoms with Gasteiger partial charge in [0.2, 0.25) is 0 Å². The maximum atomic E-state index is 13.3. The molecule has 0 saturated carbocycles. The number of rotatable bonds is 5. The molecule has 0 aliphatic carbocycles. The van der Waals surface area contributed by atoms with Crippen molar-refractivity contribution in [3.8, 4) is 0 Å². The van der Waals surface area contributed by atoms with Gasteiger partial charge in [-0.25, -0.2) is 9.18 Å². The largest absolute Gasteiger partial charge is 0.463 e. The van der Waals surface area contributed by atoms with Gasteiger partial charge in [-0.2, -0.15) is 0 Å². The molecular formula is C12H12ClFO3. The third-order valence-electron chi connectivity index (χ3n) is 2.07. The van der Waals surface area contributed by atoms with Gasteiger partial charge in [-0.05, 0) is 24.6 Å². The number of ketones is 1. The second kappa shape index (κ2) is 6.35. The molecule has 0 saturated heterocycles. The van der Waals surface area contributed by atoms with Crippen molar-refractivity contribution in [3.05, 3.63) is 34.9 Å². The highest BCUT2D eigenvalue weighted by atomic mass is 35.5. The van der Waals surface area contributed by atoms with Crippen molar-refractivity contribution in [2.45, 2.75) is 19.5 Å². The fourth-order valence-electron chi connectivity index (χ4n) is 1.24. The zero-order chi connectivity index (χ0) is 12.8. The van der Waals surface area contributed by atoms with Gasteiger partial charge in [0.15, 0.2) is 5.78 Å². The standard InChI is InChI=1S/C12H12ClFO3/c1-2-17-12(16)11(14)10(15)7-8-3-5-9(13)6-4-8/h3-6,11H,2,7H2,1H3. The van der Waals surface area contributed by atoms with Crippen molar-refractivity contribution in [1.82, 2.24) is 0 Å². The highest BCUT2D eigenvalue weighted by Crippen LogP contribution is 2.11. The van der Waals surface area contributed by atoms with E-state index in [0.717, 1.165) is 0 Å². The van der Waals surface area contributed by atoms with Crippen molar-refractivity contribution in [2.24, 2.45) is 0 Å². The van der Waals surface area contributed by atoms with Crippen molar-refractivity contribution < 1.29 is 18.7 Å². The SMILES string of the molecule is CCOC(=O)C(F)C(=O)Cc1ccc(Cl)cc1. The molecule has 1 aromatic carbocycles. The lowest BCUT2D eigenvalue weighted by Crippen LogP contribution is -2.29. The Balaban J connectivity index is 2.59. The summed E-state index contributed by atoms with van der Waals surface area (Å²) in [5.74, 6) is -1.95. The lowest BCUT2D eigenvalue weighted by atomic mass is 10.1. The number of halogens is 2. The average Bonchev–Trinajstić information content (AvgIpc) is 2.31. The summed E-state index contributed by atoms with van der Waals surface area (Å²) in [6.07, 6.45) is -2.37. The van der Waals surface area contributed by atoms with Crippen LogP contribution in [-0.2, 0) is 20.7 Å². The van der Waals surface area contributed by atoms with Crippen molar-refractivity contribution in [3.63, 3.8) is 0 Å². The van der Waals surface area contributed by atoms with Crippen LogP contribution in [0, 0.1) is 0 Å². The maximum Gasteiger partial charge on any atom is 0.348 e. The Morgan fingerprint density at radius 1 is 1.35 bits per heavy atom. The number of hydrogen-bond acceptors (Lipinski definition) is 3. The first-order valence-electron chi connectivity index (χ1n) is 5.12. The lowest BCUT2D eigenvalue weighted by molar-refractivity contribution is -0.152. The molecule has 1 unspecified atom stereocenters. The van der Waals surface area contributed by atoms with Crippen LogP contribution in [0.25, 0.3) is 0 Å². The number of esters is 1. The summed E-state index contributed by atoms with van der Waals surface area (Å²) in [4.78, 5) is 22.4. The molecule has 0 aliphatic rings. The van der Waals surface area contributed by atoms with E-state index in [4.69, 9.17) is 11.6 Å². The van der Waals surface area contributed by atoms with Crippen LogP contribution in [0.1, 0.15) is 12.5 Å². The Kier molecular flexibility index (Phi) is 5.10. The Labute approximate surface area is 104 Å². The number of alkyl halides is 1. The van der Waals surface area contributed by atoms with Gasteiger partial charge >= 0.3 is 5.97 Å². The van der Waals surface area contributed by atoms with Gasteiger partial charge in [-0.1, -0.05) is 23.7 Å². The summed E-state index contributed by atoms with van der Waals surface area (Å²) in [7, 11) is 0. The minimum absolute atomic E-state index is 0.0491. The lowest BCUT2D eigenvalue weighted by Gasteiger charge is -2.06. The molecule has 0 fully saturated rings. The normalized spacial score (nSPS) is 11.9. The van der Waals surface area contributed by atoms with E-state index in [1.807, 2.05) is 0 Å². The monoisotopic (exact) mass is 258 g/mol. The fourth-order valence-corrected chi connectivity index (χ4v) is 1.37. The predicted molar refractivity (Wildman–Crippen MR) is 61.7 cm³/mol. The molecule has 5 heteroatoms. The van der Waals surface area contributed by atoms with Gasteiger partial charge in [0.05, 0.1) is 6.61 Å². The summed E-state index contributed by atoms with van der Waals surface area (Å²) in [6, 6.07) is 6.42. The van der Waals surface area contributed by atoms with Crippen LogP contribution >= 0.6 is 11.6 Å². The highest BCUT2D eigenvalue weighted by Gasteiger charge is 2.26. The molecule has 17 heavy (non-hydrogen) atoms. The van der Waals surface area contributed by atoms with Crippen LogP contribution in [0.15, 0.2) is 24.3 Å². The van der Waals surface area contributed by atoms with Gasteiger partial charge < -0.3 is 4.74 Å². The molecule has 0 radical (unpaired) electrons. The van der Waals surface area contributed by atoms with Gasteiger partial charge in [0.25, 0.3) is 6.17 Å². The van der Waals surface area contributed by atoms with Crippen LogP contribution in [0.5, 0.6) is 0 Å². The second-order valence-electron chi connectivity index (χ2n) is 3.38. The molecule has 92 valence electrons. The molecule has 0 aromatic heterocycles. The van der Waals surface area contributed by atoms with Gasteiger partial charge in [-0.3, -0.25) is 4.79 Å². The number of benzene rings is 1. The predicted octanol–water partition coefficient (Wildman–Crippen LogP) is 2.35. The van der Waals surface area contributed by atoms with E-state index in [9.17, 15) is 14.0 Å². The molecule has 0 N–H and O–H groups in total. The Bertz CT molecular complexity index is 403. The van der Waals surface area contributed by atoms with E-state index in [-0.39, 0.29) is 13.0 Å². The topological polar surface area (TPSA) is 43.4 Å². The minimum Gasteiger partial charge on any atom is -0.463 e. The van der Waals surface area contributed by atoms with E-state index in [0.29, 0.717) is 10.6 Å². The summed E-state index contributed by atoms with van der Waals surface area (Å²) in [5.41, 5.74) is 0.603. The van der Waals surface area contributed by atoms with E-state index < -0.39 is 17.9 Å². The van der Waals surface area contributed by atoms with Crippen molar-refractivity contribution in [2.75, 3.05) is 6.61 Å². The van der Waals surface area contributed by atoms with Crippen LogP contribution < -0.4 is 0 Å². The minimum atomic E-state index is -2.22. The molecule has 1 aromatic rings. The first-order valence-corrected chi connectivity index (χ1v) is 5.50. The summed E-state index contributed by atoms with van der Waals surface area (Å²) >= 11 is 5.67. The molecule has 0 bridgehead atoms. The molecule has 0 heterocycles. The van der Waals surface area contributed by atoms with Crippen molar-refractivity contribution >= 4 is 23.4 Å². The number of carbonyl (C=O) groups excluding carboxylic acids is 2. The summed E-state index contributed by atoms with van der Waals surface area (Å²) in [5, 5.41) is 0.531. The van der Waals surface area contributed by atoms with Crippen LogP contribution in [0.3, 0.4) is 0 Å². The van der Waals surface area contributed by atoms with Gasteiger partial charge in [0.1, 0.15) is 0 Å². The van der Waals surface area contributed by atoms with E-state index in [1.54, 1.807) is 31.2 Å². The third-order valence-corrected chi connectivity index (χ3v) is 2.32. The molecule has 1 atom stereocenters. The molecule has 1 rings (SSSR count). The molecular weight excluding hydrogens is 247 g/mol. The second-order valence-corrected chi connectivity index (χ2v) is 3.82.